The van der Waals surface area contributed by atoms with Crippen molar-refractivity contribution >= 4 is 17.6 Å². The topological polar surface area (TPSA) is 105 Å². The zero-order valence-electron chi connectivity index (χ0n) is 13.3. The van der Waals surface area contributed by atoms with Gasteiger partial charge in [-0.3, -0.25) is 10.1 Å². The molecule has 0 N–H and O–H groups in total. The molecule has 0 aliphatic heterocycles. The number of esters is 2. The molecule has 8 heteroatoms. The Morgan fingerprint density at radius 2 is 1.80 bits per heavy atom. The van der Waals surface area contributed by atoms with Crippen LogP contribution in [0.5, 0.6) is 5.75 Å². The van der Waals surface area contributed by atoms with Gasteiger partial charge < -0.3 is 14.2 Å². The second-order valence-corrected chi connectivity index (χ2v) is 4.82. The summed E-state index contributed by atoms with van der Waals surface area (Å²) in [6, 6.07) is 11.2. The SMILES string of the molecule is COCCOC(=O)c1cccc(OC(=O)c2ccccc2[N+](=O)[O-])c1. The van der Waals surface area contributed by atoms with Gasteiger partial charge in [-0.15, -0.1) is 0 Å². The Morgan fingerprint density at radius 3 is 2.52 bits per heavy atom. The molecule has 0 heterocycles. The maximum absolute atomic E-state index is 12.2. The van der Waals surface area contributed by atoms with Gasteiger partial charge in [-0.25, -0.2) is 9.59 Å². The summed E-state index contributed by atoms with van der Waals surface area (Å²) < 4.78 is 14.9. The Morgan fingerprint density at radius 1 is 1.04 bits per heavy atom. The van der Waals surface area contributed by atoms with Crippen molar-refractivity contribution in [2.75, 3.05) is 20.3 Å². The van der Waals surface area contributed by atoms with Crippen molar-refractivity contribution in [2.24, 2.45) is 0 Å². The number of nitro groups is 1. The van der Waals surface area contributed by atoms with E-state index in [4.69, 9.17) is 14.2 Å². The minimum absolute atomic E-state index is 0.0735. The van der Waals surface area contributed by atoms with Crippen molar-refractivity contribution < 1.29 is 28.7 Å². The molecule has 0 amide bonds. The molecule has 2 rings (SSSR count). The molecule has 0 spiro atoms. The van der Waals surface area contributed by atoms with Crippen molar-refractivity contribution in [3.8, 4) is 5.75 Å². The fourth-order valence-electron chi connectivity index (χ4n) is 1.96. The molecule has 130 valence electrons. The van der Waals surface area contributed by atoms with Crippen LogP contribution in [0.15, 0.2) is 48.5 Å². The third kappa shape index (κ3) is 4.85. The first-order chi connectivity index (χ1) is 12.0. The van der Waals surface area contributed by atoms with E-state index in [9.17, 15) is 19.7 Å². The Kier molecular flexibility index (Phi) is 6.19. The summed E-state index contributed by atoms with van der Waals surface area (Å²) in [5, 5.41) is 11.0. The van der Waals surface area contributed by atoms with Gasteiger partial charge in [0.1, 0.15) is 17.9 Å². The van der Waals surface area contributed by atoms with Gasteiger partial charge in [0.25, 0.3) is 5.69 Å². The number of ether oxygens (including phenoxy) is 3. The van der Waals surface area contributed by atoms with Crippen LogP contribution in [0.3, 0.4) is 0 Å². The Labute approximate surface area is 143 Å². The van der Waals surface area contributed by atoms with Crippen molar-refractivity contribution in [3.63, 3.8) is 0 Å². The van der Waals surface area contributed by atoms with Crippen LogP contribution < -0.4 is 4.74 Å². The predicted molar refractivity (Wildman–Crippen MR) is 86.7 cm³/mol. The van der Waals surface area contributed by atoms with E-state index in [0.717, 1.165) is 0 Å². The normalized spacial score (nSPS) is 10.1. The van der Waals surface area contributed by atoms with Crippen LogP contribution in [-0.2, 0) is 9.47 Å². The molecular formula is C17H15NO7. The van der Waals surface area contributed by atoms with E-state index in [1.165, 1.54) is 55.6 Å². The average molecular weight is 345 g/mol. The van der Waals surface area contributed by atoms with E-state index in [1.54, 1.807) is 0 Å². The summed E-state index contributed by atoms with van der Waals surface area (Å²) in [6.45, 7) is 0.355. The highest BCUT2D eigenvalue weighted by Gasteiger charge is 2.21. The molecule has 8 nitrogen and oxygen atoms in total. The first-order valence-corrected chi connectivity index (χ1v) is 7.24. The lowest BCUT2D eigenvalue weighted by atomic mass is 10.2. The molecule has 2 aromatic carbocycles. The van der Waals surface area contributed by atoms with E-state index in [0.29, 0.717) is 0 Å². The quantitative estimate of drug-likeness (QED) is 0.250. The third-order valence-corrected chi connectivity index (χ3v) is 3.12. The lowest BCUT2D eigenvalue weighted by Crippen LogP contribution is -2.12. The maximum Gasteiger partial charge on any atom is 0.350 e. The lowest BCUT2D eigenvalue weighted by Gasteiger charge is -2.07. The number of hydrogen-bond donors (Lipinski definition) is 0. The Balaban J connectivity index is 2.13. The van der Waals surface area contributed by atoms with Gasteiger partial charge >= 0.3 is 11.9 Å². The number of para-hydroxylation sites is 1. The van der Waals surface area contributed by atoms with Crippen LogP contribution in [-0.4, -0.2) is 37.2 Å². The smallest absolute Gasteiger partial charge is 0.350 e. The standard InChI is InChI=1S/C17H15NO7/c1-23-9-10-24-16(19)12-5-4-6-13(11-12)25-17(20)14-7-2-3-8-15(14)18(21)22/h2-8,11H,9-10H2,1H3. The largest absolute Gasteiger partial charge is 0.460 e. The van der Waals surface area contributed by atoms with Crippen molar-refractivity contribution in [1.29, 1.82) is 0 Å². The summed E-state index contributed by atoms with van der Waals surface area (Å²) in [5.41, 5.74) is -0.354. The number of benzene rings is 2. The van der Waals surface area contributed by atoms with Crippen LogP contribution in [0.25, 0.3) is 0 Å². The van der Waals surface area contributed by atoms with E-state index in [1.807, 2.05) is 0 Å². The van der Waals surface area contributed by atoms with E-state index in [2.05, 4.69) is 0 Å². The van der Waals surface area contributed by atoms with Crippen molar-refractivity contribution in [1.82, 2.24) is 0 Å². The average Bonchev–Trinajstić information content (AvgIpc) is 2.62. The van der Waals surface area contributed by atoms with Gasteiger partial charge in [-0.05, 0) is 24.3 Å². The molecule has 0 aromatic heterocycles. The second-order valence-electron chi connectivity index (χ2n) is 4.82. The van der Waals surface area contributed by atoms with Crippen LogP contribution >= 0.6 is 0 Å². The van der Waals surface area contributed by atoms with Gasteiger partial charge in [0.15, 0.2) is 0 Å². The number of rotatable bonds is 7. The Hall–Kier alpha value is -3.26. The number of carbonyl (C=O) groups excluding carboxylic acids is 2. The van der Waals surface area contributed by atoms with Gasteiger partial charge in [-0.1, -0.05) is 18.2 Å². The molecule has 0 atom stereocenters. The lowest BCUT2D eigenvalue weighted by molar-refractivity contribution is -0.385. The molecule has 2 aromatic rings. The first-order valence-electron chi connectivity index (χ1n) is 7.24. The predicted octanol–water partition coefficient (Wildman–Crippen LogP) is 2.62. The number of nitro benzene ring substituents is 1. The zero-order valence-corrected chi connectivity index (χ0v) is 13.3. The molecule has 0 radical (unpaired) electrons. The first kappa shape index (κ1) is 18.1. The van der Waals surface area contributed by atoms with Gasteiger partial charge in [0, 0.05) is 13.2 Å². The van der Waals surface area contributed by atoms with Crippen LogP contribution in [0.1, 0.15) is 20.7 Å². The van der Waals surface area contributed by atoms with Gasteiger partial charge in [0.05, 0.1) is 17.1 Å². The number of methoxy groups -OCH3 is 1. The maximum atomic E-state index is 12.2. The molecule has 0 unspecified atom stereocenters. The summed E-state index contributed by atoms with van der Waals surface area (Å²) >= 11 is 0. The fraction of sp³-hybridized carbons (Fsp3) is 0.176. The number of carbonyl (C=O) groups is 2. The molecule has 0 saturated heterocycles. The monoisotopic (exact) mass is 345 g/mol. The summed E-state index contributed by atoms with van der Waals surface area (Å²) in [4.78, 5) is 34.3. The van der Waals surface area contributed by atoms with Crippen molar-refractivity contribution in [3.05, 3.63) is 69.8 Å². The molecule has 0 aliphatic carbocycles. The number of hydrogen-bond acceptors (Lipinski definition) is 7. The highest BCUT2D eigenvalue weighted by Crippen LogP contribution is 2.21. The van der Waals surface area contributed by atoms with Crippen LogP contribution in [0, 0.1) is 10.1 Å². The summed E-state index contributed by atoms with van der Waals surface area (Å²) in [7, 11) is 1.48. The molecule has 0 aliphatic rings. The summed E-state index contributed by atoms with van der Waals surface area (Å²) in [5.74, 6) is -1.41. The molecule has 0 fully saturated rings. The summed E-state index contributed by atoms with van der Waals surface area (Å²) in [6.07, 6.45) is 0. The molecular weight excluding hydrogens is 330 g/mol. The molecule has 0 saturated carbocycles. The molecule has 25 heavy (non-hydrogen) atoms. The van der Waals surface area contributed by atoms with Gasteiger partial charge in [0.2, 0.25) is 0 Å². The highest BCUT2D eigenvalue weighted by atomic mass is 16.6. The highest BCUT2D eigenvalue weighted by molar-refractivity contribution is 5.95. The minimum Gasteiger partial charge on any atom is -0.460 e. The van der Waals surface area contributed by atoms with Crippen LogP contribution in [0.2, 0.25) is 0 Å². The van der Waals surface area contributed by atoms with Crippen LogP contribution in [0.4, 0.5) is 5.69 Å². The zero-order chi connectivity index (χ0) is 18.2. The fourth-order valence-corrected chi connectivity index (χ4v) is 1.96. The van der Waals surface area contributed by atoms with Crippen molar-refractivity contribution in [2.45, 2.75) is 0 Å². The minimum atomic E-state index is -0.891. The van der Waals surface area contributed by atoms with E-state index < -0.39 is 16.9 Å². The van der Waals surface area contributed by atoms with E-state index in [-0.39, 0.29) is 35.8 Å². The third-order valence-electron chi connectivity index (χ3n) is 3.12. The van der Waals surface area contributed by atoms with E-state index >= 15 is 0 Å². The van der Waals surface area contributed by atoms with Gasteiger partial charge in [-0.2, -0.15) is 0 Å². The molecule has 0 bridgehead atoms. The number of nitrogens with zero attached hydrogens (tertiary/aromatic N) is 1. The Bertz CT molecular complexity index is 788. The second kappa shape index (κ2) is 8.55.